The summed E-state index contributed by atoms with van der Waals surface area (Å²) in [5, 5.41) is 3.09. The second kappa shape index (κ2) is 9.16. The highest BCUT2D eigenvalue weighted by molar-refractivity contribution is 5.92. The van der Waals surface area contributed by atoms with Crippen molar-refractivity contribution in [1.29, 1.82) is 0 Å². The molecule has 6 nitrogen and oxygen atoms in total. The Balaban J connectivity index is 1.46. The Labute approximate surface area is 160 Å². The summed E-state index contributed by atoms with van der Waals surface area (Å²) in [6.07, 6.45) is 1.67. The van der Waals surface area contributed by atoms with Crippen LogP contribution >= 0.6 is 0 Å². The minimum Gasteiger partial charge on any atom is -0.493 e. The Hall–Kier alpha value is -2.89. The van der Waals surface area contributed by atoms with E-state index in [9.17, 15) is 0 Å². The Morgan fingerprint density at radius 3 is 2.63 bits per heavy atom. The van der Waals surface area contributed by atoms with Crippen LogP contribution in [-0.4, -0.2) is 32.3 Å². The molecule has 0 radical (unpaired) electrons. The van der Waals surface area contributed by atoms with Crippen LogP contribution in [0, 0.1) is 13.8 Å². The van der Waals surface area contributed by atoms with Gasteiger partial charge in [0.05, 0.1) is 19.8 Å². The van der Waals surface area contributed by atoms with E-state index in [4.69, 9.17) is 19.9 Å². The lowest BCUT2D eigenvalue weighted by Gasteiger charge is -2.12. The van der Waals surface area contributed by atoms with E-state index in [1.807, 2.05) is 24.3 Å². The van der Waals surface area contributed by atoms with Crippen molar-refractivity contribution in [3.63, 3.8) is 0 Å². The molecule has 6 heteroatoms. The van der Waals surface area contributed by atoms with E-state index >= 15 is 0 Å². The smallest absolute Gasteiger partial charge is 0.193 e. The molecule has 0 saturated heterocycles. The van der Waals surface area contributed by atoms with E-state index in [0.717, 1.165) is 46.9 Å². The normalized spacial score (nSPS) is 13.8. The highest BCUT2D eigenvalue weighted by Gasteiger charge is 2.10. The van der Waals surface area contributed by atoms with Crippen molar-refractivity contribution in [2.75, 3.05) is 31.7 Å². The van der Waals surface area contributed by atoms with Gasteiger partial charge in [-0.3, -0.25) is 4.99 Å². The summed E-state index contributed by atoms with van der Waals surface area (Å²) in [5.41, 5.74) is 9.10. The number of ether oxygens (including phenoxy) is 3. The zero-order chi connectivity index (χ0) is 19.1. The molecule has 0 bridgehead atoms. The predicted molar refractivity (Wildman–Crippen MR) is 108 cm³/mol. The summed E-state index contributed by atoms with van der Waals surface area (Å²) in [4.78, 5) is 4.36. The van der Waals surface area contributed by atoms with E-state index in [-0.39, 0.29) is 0 Å². The monoisotopic (exact) mass is 369 g/mol. The van der Waals surface area contributed by atoms with Gasteiger partial charge >= 0.3 is 0 Å². The van der Waals surface area contributed by atoms with Crippen LogP contribution in [0.15, 0.2) is 41.4 Å². The van der Waals surface area contributed by atoms with Crippen molar-refractivity contribution in [2.45, 2.75) is 26.7 Å². The molecule has 0 saturated carbocycles. The molecule has 0 atom stereocenters. The molecular weight excluding hydrogens is 342 g/mol. The number of nitrogens with two attached hydrogens (primary N) is 1. The number of nitrogens with one attached hydrogen (secondary N) is 1. The van der Waals surface area contributed by atoms with Gasteiger partial charge in [-0.2, -0.15) is 0 Å². The van der Waals surface area contributed by atoms with Crippen LogP contribution in [0.5, 0.6) is 17.2 Å². The van der Waals surface area contributed by atoms with Gasteiger partial charge in [0.1, 0.15) is 5.75 Å². The third-order valence-electron chi connectivity index (χ3n) is 4.26. The maximum Gasteiger partial charge on any atom is 0.193 e. The molecule has 1 aliphatic rings. The predicted octanol–water partition coefficient (Wildman–Crippen LogP) is 3.66. The molecule has 0 amide bonds. The summed E-state index contributed by atoms with van der Waals surface area (Å²) in [6, 6.07) is 11.8. The van der Waals surface area contributed by atoms with E-state index < -0.39 is 0 Å². The Morgan fingerprint density at radius 1 is 1.11 bits per heavy atom. The van der Waals surface area contributed by atoms with Crippen LogP contribution < -0.4 is 25.3 Å². The van der Waals surface area contributed by atoms with Crippen LogP contribution in [0.1, 0.15) is 24.0 Å². The Bertz CT molecular complexity index is 785. The van der Waals surface area contributed by atoms with Gasteiger partial charge in [0, 0.05) is 31.1 Å². The number of anilines is 1. The fourth-order valence-corrected chi connectivity index (χ4v) is 2.89. The van der Waals surface area contributed by atoms with Gasteiger partial charge in [0.2, 0.25) is 0 Å². The number of nitrogens with zero attached hydrogens (tertiary/aromatic N) is 1. The van der Waals surface area contributed by atoms with E-state index in [1.165, 1.54) is 0 Å². The number of para-hydroxylation sites is 1. The number of hydrogen-bond donors (Lipinski definition) is 2. The van der Waals surface area contributed by atoms with Gasteiger partial charge in [-0.15, -0.1) is 0 Å². The quantitative estimate of drug-likeness (QED) is 0.462. The molecular formula is C21H27N3O3. The highest BCUT2D eigenvalue weighted by Crippen LogP contribution is 2.32. The maximum absolute atomic E-state index is 5.98. The number of fused-ring (bicyclic) bond motifs is 1. The van der Waals surface area contributed by atoms with Crippen LogP contribution in [0.4, 0.5) is 5.69 Å². The zero-order valence-electron chi connectivity index (χ0n) is 16.0. The van der Waals surface area contributed by atoms with Crippen LogP contribution in [0.3, 0.4) is 0 Å². The summed E-state index contributed by atoms with van der Waals surface area (Å²) in [7, 11) is 0. The number of hydrogen-bond acceptors (Lipinski definition) is 4. The second-order valence-electron chi connectivity index (χ2n) is 6.53. The SMILES string of the molecule is Cc1cccc(C)c1OCCCN=C(N)Nc1ccc2c(c1)OCCCO2. The highest BCUT2D eigenvalue weighted by atomic mass is 16.5. The maximum atomic E-state index is 5.98. The molecule has 0 fully saturated rings. The Morgan fingerprint density at radius 2 is 1.85 bits per heavy atom. The lowest BCUT2D eigenvalue weighted by Crippen LogP contribution is -2.23. The van der Waals surface area contributed by atoms with Crippen molar-refractivity contribution in [3.05, 3.63) is 47.5 Å². The molecule has 0 aliphatic carbocycles. The first kappa shape index (κ1) is 18.9. The molecule has 3 rings (SSSR count). The summed E-state index contributed by atoms with van der Waals surface area (Å²) in [5.74, 6) is 2.82. The molecule has 144 valence electrons. The molecule has 3 N–H and O–H groups in total. The topological polar surface area (TPSA) is 78.1 Å². The number of rotatable bonds is 6. The standard InChI is InChI=1S/C21H27N3O3/c1-15-6-3-7-16(2)20(15)27-11-4-10-23-21(22)24-17-8-9-18-19(14-17)26-13-5-12-25-18/h3,6-9,14H,4-5,10-13H2,1-2H3,(H3,22,23,24). The molecule has 1 heterocycles. The van der Waals surface area contributed by atoms with Crippen LogP contribution in [0.25, 0.3) is 0 Å². The van der Waals surface area contributed by atoms with Gasteiger partial charge in [0.15, 0.2) is 17.5 Å². The largest absolute Gasteiger partial charge is 0.493 e. The van der Waals surface area contributed by atoms with Crippen molar-refractivity contribution < 1.29 is 14.2 Å². The van der Waals surface area contributed by atoms with E-state index in [0.29, 0.717) is 32.3 Å². The fourth-order valence-electron chi connectivity index (χ4n) is 2.89. The first-order chi connectivity index (χ1) is 13.1. The van der Waals surface area contributed by atoms with E-state index in [2.05, 4.69) is 36.3 Å². The molecule has 0 spiro atoms. The number of aryl methyl sites for hydroxylation is 2. The lowest BCUT2D eigenvalue weighted by atomic mass is 10.1. The summed E-state index contributed by atoms with van der Waals surface area (Å²) < 4.78 is 17.2. The summed E-state index contributed by atoms with van der Waals surface area (Å²) >= 11 is 0. The lowest BCUT2D eigenvalue weighted by molar-refractivity contribution is 0.297. The van der Waals surface area contributed by atoms with E-state index in [1.54, 1.807) is 0 Å². The molecule has 1 aliphatic heterocycles. The van der Waals surface area contributed by atoms with Gasteiger partial charge < -0.3 is 25.3 Å². The average molecular weight is 369 g/mol. The van der Waals surface area contributed by atoms with Crippen molar-refractivity contribution in [2.24, 2.45) is 10.7 Å². The van der Waals surface area contributed by atoms with Gasteiger partial charge in [0.25, 0.3) is 0 Å². The van der Waals surface area contributed by atoms with Crippen molar-refractivity contribution in [3.8, 4) is 17.2 Å². The van der Waals surface area contributed by atoms with Crippen LogP contribution in [0.2, 0.25) is 0 Å². The van der Waals surface area contributed by atoms with Gasteiger partial charge in [-0.25, -0.2) is 0 Å². The first-order valence-corrected chi connectivity index (χ1v) is 9.29. The molecule has 2 aromatic carbocycles. The van der Waals surface area contributed by atoms with Crippen molar-refractivity contribution in [1.82, 2.24) is 0 Å². The summed E-state index contributed by atoms with van der Waals surface area (Å²) in [6.45, 7) is 6.63. The minimum absolute atomic E-state index is 0.372. The zero-order valence-corrected chi connectivity index (χ0v) is 16.0. The molecule has 0 aromatic heterocycles. The first-order valence-electron chi connectivity index (χ1n) is 9.29. The van der Waals surface area contributed by atoms with Crippen LogP contribution in [-0.2, 0) is 0 Å². The Kier molecular flexibility index (Phi) is 6.41. The number of aliphatic imine (C=N–C) groups is 1. The molecule has 2 aromatic rings. The van der Waals surface area contributed by atoms with Crippen molar-refractivity contribution >= 4 is 11.6 Å². The van der Waals surface area contributed by atoms with Gasteiger partial charge in [-0.1, -0.05) is 18.2 Å². The van der Waals surface area contributed by atoms with Gasteiger partial charge in [-0.05, 0) is 37.1 Å². The molecule has 0 unspecified atom stereocenters. The average Bonchev–Trinajstić information content (AvgIpc) is 2.88. The third kappa shape index (κ3) is 5.29. The minimum atomic E-state index is 0.372. The number of benzene rings is 2. The third-order valence-corrected chi connectivity index (χ3v) is 4.26. The fraction of sp³-hybridized carbons (Fsp3) is 0.381. The number of guanidine groups is 1. The second-order valence-corrected chi connectivity index (χ2v) is 6.53. The molecule has 27 heavy (non-hydrogen) atoms.